The molecular weight excluding hydrogens is 410 g/mol. The maximum absolute atomic E-state index is 12.7. The molecule has 1 atom stereocenters. The molecule has 0 radical (unpaired) electrons. The number of carbonyl (C=O) groups is 1. The summed E-state index contributed by atoms with van der Waals surface area (Å²) in [6, 6.07) is 9.42. The minimum Gasteiger partial charge on any atom is -0.493 e. The highest BCUT2D eigenvalue weighted by molar-refractivity contribution is 5.95. The average molecular weight is 433 g/mol. The van der Waals surface area contributed by atoms with Crippen LogP contribution in [0.5, 0.6) is 11.5 Å². The first-order chi connectivity index (χ1) is 15.5. The van der Waals surface area contributed by atoms with Crippen LogP contribution in [0.4, 0.5) is 5.82 Å². The summed E-state index contributed by atoms with van der Waals surface area (Å²) in [5, 5.41) is 20.4. The molecule has 1 N–H and O–H groups in total. The maximum Gasteiger partial charge on any atom is 0.226 e. The largest absolute Gasteiger partial charge is 0.493 e. The Morgan fingerprint density at radius 1 is 1.12 bits per heavy atom. The van der Waals surface area contributed by atoms with Crippen molar-refractivity contribution < 1.29 is 14.3 Å². The number of nitrogens with one attached hydrogen (secondary N) is 1. The van der Waals surface area contributed by atoms with Crippen LogP contribution in [0.25, 0.3) is 11.5 Å². The van der Waals surface area contributed by atoms with Crippen molar-refractivity contribution in [3.8, 4) is 17.3 Å². The monoisotopic (exact) mass is 433 g/mol. The average Bonchev–Trinajstić information content (AvgIpc) is 3.33. The molecule has 10 heteroatoms. The number of rotatable bonds is 5. The molecule has 0 bridgehead atoms. The third kappa shape index (κ3) is 3.15. The first kappa shape index (κ1) is 20.0. The molecule has 1 amide bonds. The molecule has 0 unspecified atom stereocenters. The lowest BCUT2D eigenvalue weighted by Crippen LogP contribution is -2.25. The quantitative estimate of drug-likeness (QED) is 0.515. The van der Waals surface area contributed by atoms with Gasteiger partial charge in [-0.05, 0) is 50.6 Å². The molecule has 0 spiro atoms. The van der Waals surface area contributed by atoms with Gasteiger partial charge < -0.3 is 14.8 Å². The summed E-state index contributed by atoms with van der Waals surface area (Å²) in [6.07, 6.45) is 0.313. The molecule has 1 aliphatic rings. The van der Waals surface area contributed by atoms with E-state index in [0.29, 0.717) is 47.6 Å². The Balaban J connectivity index is 1.63. The summed E-state index contributed by atoms with van der Waals surface area (Å²) < 4.78 is 14.5. The number of hydrogen-bond acceptors (Lipinski definition) is 7. The number of amides is 1. The number of benzene rings is 1. The fraction of sp³-hybridized carbons (Fsp3) is 0.318. The predicted octanol–water partition coefficient (Wildman–Crippen LogP) is 2.81. The number of aryl methyl sites for hydroxylation is 2. The summed E-state index contributed by atoms with van der Waals surface area (Å²) in [6.45, 7) is 6.24. The second-order valence-corrected chi connectivity index (χ2v) is 7.62. The van der Waals surface area contributed by atoms with Gasteiger partial charge in [-0.15, -0.1) is 15.3 Å². The number of carbonyl (C=O) groups excluding carboxylic acids is 1. The molecule has 3 aromatic heterocycles. The van der Waals surface area contributed by atoms with Crippen LogP contribution >= 0.6 is 0 Å². The zero-order chi connectivity index (χ0) is 22.4. The van der Waals surface area contributed by atoms with Crippen LogP contribution in [0.2, 0.25) is 0 Å². The fourth-order valence-electron chi connectivity index (χ4n) is 4.17. The molecule has 164 valence electrons. The van der Waals surface area contributed by atoms with Crippen molar-refractivity contribution in [3.05, 3.63) is 53.0 Å². The smallest absolute Gasteiger partial charge is 0.226 e. The van der Waals surface area contributed by atoms with Crippen LogP contribution in [-0.4, -0.2) is 49.2 Å². The second-order valence-electron chi connectivity index (χ2n) is 7.62. The Labute approximate surface area is 184 Å². The minimum atomic E-state index is -0.169. The molecule has 32 heavy (non-hydrogen) atoms. The van der Waals surface area contributed by atoms with E-state index < -0.39 is 0 Å². The van der Waals surface area contributed by atoms with Crippen LogP contribution in [-0.2, 0) is 4.79 Å². The van der Waals surface area contributed by atoms with Crippen LogP contribution in [0.15, 0.2) is 30.3 Å². The first-order valence-electron chi connectivity index (χ1n) is 10.4. The van der Waals surface area contributed by atoms with E-state index in [-0.39, 0.29) is 11.8 Å². The Kier molecular flexibility index (Phi) is 4.76. The highest BCUT2D eigenvalue weighted by atomic mass is 16.5. The fourth-order valence-corrected chi connectivity index (χ4v) is 4.17. The van der Waals surface area contributed by atoms with E-state index in [1.807, 2.05) is 51.1 Å². The van der Waals surface area contributed by atoms with Gasteiger partial charge in [-0.3, -0.25) is 4.79 Å². The lowest BCUT2D eigenvalue weighted by atomic mass is 9.85. The number of ether oxygens (including phenoxy) is 2. The van der Waals surface area contributed by atoms with Crippen LogP contribution in [0.3, 0.4) is 0 Å². The molecule has 5 rings (SSSR count). The third-order valence-electron chi connectivity index (χ3n) is 5.61. The lowest BCUT2D eigenvalue weighted by Gasteiger charge is -2.25. The van der Waals surface area contributed by atoms with E-state index in [2.05, 4.69) is 20.6 Å². The molecule has 0 fully saturated rings. The van der Waals surface area contributed by atoms with Crippen molar-refractivity contribution >= 4 is 17.4 Å². The normalized spacial score (nSPS) is 15.5. The Morgan fingerprint density at radius 2 is 1.97 bits per heavy atom. The van der Waals surface area contributed by atoms with Gasteiger partial charge >= 0.3 is 0 Å². The Morgan fingerprint density at radius 3 is 2.75 bits per heavy atom. The van der Waals surface area contributed by atoms with Gasteiger partial charge in [0, 0.05) is 17.9 Å². The van der Waals surface area contributed by atoms with E-state index in [1.54, 1.807) is 16.3 Å². The molecule has 0 aliphatic carbocycles. The number of fused-ring (bicyclic) bond motifs is 2. The predicted molar refractivity (Wildman–Crippen MR) is 117 cm³/mol. The minimum absolute atomic E-state index is 0.0851. The van der Waals surface area contributed by atoms with Gasteiger partial charge in [-0.25, -0.2) is 0 Å². The van der Waals surface area contributed by atoms with Crippen molar-refractivity contribution in [1.82, 2.24) is 29.6 Å². The van der Waals surface area contributed by atoms with Crippen molar-refractivity contribution in [2.75, 3.05) is 19.0 Å². The SMILES string of the molecule is CCOc1ccc([C@@H]2CC(=O)Nc3c2c(C)nn3-c2ccc3nnc(C)n3n2)cc1OC. The molecule has 0 saturated heterocycles. The van der Waals surface area contributed by atoms with Gasteiger partial charge in [0.25, 0.3) is 0 Å². The zero-order valence-electron chi connectivity index (χ0n) is 18.3. The summed E-state index contributed by atoms with van der Waals surface area (Å²) in [5.74, 6) is 2.91. The first-order valence-corrected chi connectivity index (χ1v) is 10.4. The number of aromatic nitrogens is 6. The molecule has 1 aromatic carbocycles. The number of hydrogen-bond donors (Lipinski definition) is 1. The third-order valence-corrected chi connectivity index (χ3v) is 5.61. The maximum atomic E-state index is 12.7. The molecule has 4 aromatic rings. The van der Waals surface area contributed by atoms with Gasteiger partial charge in [0.05, 0.1) is 19.4 Å². The number of nitrogens with zero attached hydrogens (tertiary/aromatic N) is 6. The van der Waals surface area contributed by atoms with E-state index >= 15 is 0 Å². The highest BCUT2D eigenvalue weighted by Crippen LogP contribution is 2.42. The number of methoxy groups -OCH3 is 1. The highest BCUT2D eigenvalue weighted by Gasteiger charge is 2.33. The molecule has 1 aliphatic heterocycles. The van der Waals surface area contributed by atoms with Gasteiger partial charge in [0.2, 0.25) is 5.91 Å². The summed E-state index contributed by atoms with van der Waals surface area (Å²) in [5.41, 5.74) is 3.38. The van der Waals surface area contributed by atoms with Crippen molar-refractivity contribution in [2.45, 2.75) is 33.1 Å². The lowest BCUT2D eigenvalue weighted by molar-refractivity contribution is -0.116. The van der Waals surface area contributed by atoms with Crippen molar-refractivity contribution in [3.63, 3.8) is 0 Å². The van der Waals surface area contributed by atoms with E-state index in [0.717, 1.165) is 16.8 Å². The van der Waals surface area contributed by atoms with Gasteiger partial charge in [-0.2, -0.15) is 14.3 Å². The van der Waals surface area contributed by atoms with Crippen LogP contribution in [0, 0.1) is 13.8 Å². The van der Waals surface area contributed by atoms with E-state index in [9.17, 15) is 4.79 Å². The van der Waals surface area contributed by atoms with Gasteiger partial charge in [0.15, 0.2) is 28.8 Å². The summed E-state index contributed by atoms with van der Waals surface area (Å²) >= 11 is 0. The molecular formula is C22H23N7O3. The molecule has 10 nitrogen and oxygen atoms in total. The van der Waals surface area contributed by atoms with Crippen molar-refractivity contribution in [1.29, 1.82) is 0 Å². The standard InChI is InChI=1S/C22H23N7O3/c1-5-32-16-7-6-14(10-17(16)31-4)15-11-20(30)23-22-21(15)12(2)26-29(22)19-9-8-18-25-24-13(3)28(18)27-19/h6-10,15H,5,11H2,1-4H3,(H,23,30)/t15-/m0/s1. The zero-order valence-corrected chi connectivity index (χ0v) is 18.3. The van der Waals surface area contributed by atoms with E-state index in [1.165, 1.54) is 0 Å². The second kappa shape index (κ2) is 7.63. The van der Waals surface area contributed by atoms with Crippen molar-refractivity contribution in [2.24, 2.45) is 0 Å². The van der Waals surface area contributed by atoms with Crippen LogP contribution < -0.4 is 14.8 Å². The summed E-state index contributed by atoms with van der Waals surface area (Å²) in [4.78, 5) is 12.7. The van der Waals surface area contributed by atoms with Crippen LogP contribution in [0.1, 0.15) is 41.9 Å². The Bertz CT molecular complexity index is 1340. The number of anilines is 1. The summed E-state index contributed by atoms with van der Waals surface area (Å²) in [7, 11) is 1.61. The van der Waals surface area contributed by atoms with Gasteiger partial charge in [-0.1, -0.05) is 6.07 Å². The van der Waals surface area contributed by atoms with Gasteiger partial charge in [0.1, 0.15) is 5.82 Å². The molecule has 0 saturated carbocycles. The molecule has 4 heterocycles. The Hall–Kier alpha value is -3.95. The van der Waals surface area contributed by atoms with E-state index in [4.69, 9.17) is 14.6 Å². The topological polar surface area (TPSA) is 108 Å².